The minimum Gasteiger partial charge on any atom is -0.379 e. The third kappa shape index (κ3) is 3.06. The van der Waals surface area contributed by atoms with Gasteiger partial charge in [0.05, 0.1) is 17.3 Å². The van der Waals surface area contributed by atoms with Crippen molar-refractivity contribution in [1.82, 2.24) is 10.3 Å². The third-order valence-corrected chi connectivity index (χ3v) is 2.18. The molecule has 0 aliphatic rings. The number of pyridine rings is 1. The van der Waals surface area contributed by atoms with Crippen LogP contribution < -0.4 is 10.6 Å². The molecule has 0 aliphatic carbocycles. The molecule has 0 aliphatic heterocycles. The van der Waals surface area contributed by atoms with Crippen molar-refractivity contribution >= 4 is 23.2 Å². The fraction of sp³-hybridized carbons (Fsp3) is 0.400. The third-order valence-electron chi connectivity index (χ3n) is 1.98. The van der Waals surface area contributed by atoms with E-state index in [0.717, 1.165) is 0 Å². The number of alkyl halides is 1. The van der Waals surface area contributed by atoms with E-state index in [2.05, 4.69) is 15.6 Å². The minimum absolute atomic E-state index is 0.251. The van der Waals surface area contributed by atoms with Crippen LogP contribution in [0.3, 0.4) is 0 Å². The molecule has 1 amide bonds. The van der Waals surface area contributed by atoms with Crippen LogP contribution in [-0.2, 0) is 0 Å². The summed E-state index contributed by atoms with van der Waals surface area (Å²) in [4.78, 5) is 15.3. The van der Waals surface area contributed by atoms with Crippen molar-refractivity contribution < 1.29 is 9.18 Å². The predicted octanol–water partition coefficient (Wildman–Crippen LogP) is 1.86. The van der Waals surface area contributed by atoms with Gasteiger partial charge in [0.1, 0.15) is 11.8 Å². The van der Waals surface area contributed by atoms with Crippen molar-refractivity contribution in [2.75, 3.05) is 19.0 Å². The maximum atomic E-state index is 12.4. The zero-order chi connectivity index (χ0) is 12.1. The van der Waals surface area contributed by atoms with E-state index in [0.29, 0.717) is 11.3 Å². The van der Waals surface area contributed by atoms with E-state index < -0.39 is 6.67 Å². The SMILES string of the molecule is CNC(=O)c1cnc(Cl)cc1N[C@H](C)CF. The standard InChI is InChI=1S/C10H13ClFN3O/c1-6(4-12)15-8-3-9(11)14-5-7(8)10(16)13-2/h3,5-6H,4H2,1-2H3,(H,13,16)(H,14,15)/t6-/m1/s1. The van der Waals surface area contributed by atoms with Crippen LogP contribution in [0.4, 0.5) is 10.1 Å². The fourth-order valence-corrected chi connectivity index (χ4v) is 1.33. The molecule has 6 heteroatoms. The monoisotopic (exact) mass is 245 g/mol. The molecule has 1 atom stereocenters. The van der Waals surface area contributed by atoms with Crippen molar-refractivity contribution in [2.24, 2.45) is 0 Å². The average molecular weight is 246 g/mol. The number of carbonyl (C=O) groups is 1. The van der Waals surface area contributed by atoms with E-state index >= 15 is 0 Å². The summed E-state index contributed by atoms with van der Waals surface area (Å²) in [5, 5.41) is 5.58. The molecular formula is C10H13ClFN3O. The minimum atomic E-state index is -0.535. The molecular weight excluding hydrogens is 233 g/mol. The highest BCUT2D eigenvalue weighted by Gasteiger charge is 2.13. The lowest BCUT2D eigenvalue weighted by molar-refractivity contribution is 0.0963. The summed E-state index contributed by atoms with van der Waals surface area (Å²) >= 11 is 5.71. The van der Waals surface area contributed by atoms with E-state index in [-0.39, 0.29) is 17.1 Å². The van der Waals surface area contributed by atoms with Crippen LogP contribution in [0.1, 0.15) is 17.3 Å². The molecule has 88 valence electrons. The van der Waals surface area contributed by atoms with Crippen molar-refractivity contribution in [1.29, 1.82) is 0 Å². The molecule has 0 fully saturated rings. The van der Waals surface area contributed by atoms with E-state index in [1.807, 2.05) is 0 Å². The summed E-state index contributed by atoms with van der Waals surface area (Å²) in [7, 11) is 1.51. The molecule has 0 radical (unpaired) electrons. The number of carbonyl (C=O) groups excluding carboxylic acids is 1. The summed E-state index contributed by atoms with van der Waals surface area (Å²) in [6.07, 6.45) is 1.36. The second kappa shape index (κ2) is 5.65. The Labute approximate surface area is 98.2 Å². The average Bonchev–Trinajstić information content (AvgIpc) is 2.28. The van der Waals surface area contributed by atoms with Crippen LogP contribution in [0.5, 0.6) is 0 Å². The molecule has 0 spiro atoms. The van der Waals surface area contributed by atoms with E-state index in [9.17, 15) is 9.18 Å². The largest absolute Gasteiger partial charge is 0.379 e. The number of aromatic nitrogens is 1. The molecule has 1 aromatic rings. The molecule has 2 N–H and O–H groups in total. The Morgan fingerprint density at radius 3 is 2.94 bits per heavy atom. The number of amides is 1. The second-order valence-electron chi connectivity index (χ2n) is 3.33. The molecule has 0 unspecified atom stereocenters. The fourth-order valence-electron chi connectivity index (χ4n) is 1.17. The first-order valence-electron chi connectivity index (χ1n) is 4.78. The van der Waals surface area contributed by atoms with Gasteiger partial charge in [-0.3, -0.25) is 4.79 Å². The van der Waals surface area contributed by atoms with Gasteiger partial charge in [0, 0.05) is 13.2 Å². The topological polar surface area (TPSA) is 54.0 Å². The lowest BCUT2D eigenvalue weighted by Gasteiger charge is -2.14. The molecule has 1 heterocycles. The first-order chi connectivity index (χ1) is 7.58. The quantitative estimate of drug-likeness (QED) is 0.797. The zero-order valence-corrected chi connectivity index (χ0v) is 9.81. The second-order valence-corrected chi connectivity index (χ2v) is 3.72. The van der Waals surface area contributed by atoms with Gasteiger partial charge in [-0.25, -0.2) is 9.37 Å². The van der Waals surface area contributed by atoms with Gasteiger partial charge in [0.15, 0.2) is 0 Å². The van der Waals surface area contributed by atoms with Gasteiger partial charge in [-0.05, 0) is 13.0 Å². The Hall–Kier alpha value is -1.36. The zero-order valence-electron chi connectivity index (χ0n) is 9.05. The Morgan fingerprint density at radius 1 is 1.69 bits per heavy atom. The van der Waals surface area contributed by atoms with Crippen LogP contribution in [0.25, 0.3) is 0 Å². The van der Waals surface area contributed by atoms with E-state index in [4.69, 9.17) is 11.6 Å². The predicted molar refractivity (Wildman–Crippen MR) is 61.7 cm³/mol. The maximum absolute atomic E-state index is 12.4. The van der Waals surface area contributed by atoms with Gasteiger partial charge in [-0.1, -0.05) is 11.6 Å². The molecule has 0 aromatic carbocycles. The number of nitrogens with zero attached hydrogens (tertiary/aromatic N) is 1. The molecule has 4 nitrogen and oxygen atoms in total. The Morgan fingerprint density at radius 2 is 2.38 bits per heavy atom. The highest BCUT2D eigenvalue weighted by atomic mass is 35.5. The number of halogens is 2. The van der Waals surface area contributed by atoms with Gasteiger partial charge in [0.2, 0.25) is 0 Å². The van der Waals surface area contributed by atoms with E-state index in [1.54, 1.807) is 6.92 Å². The number of rotatable bonds is 4. The van der Waals surface area contributed by atoms with Gasteiger partial charge in [0.25, 0.3) is 5.91 Å². The number of hydrogen-bond acceptors (Lipinski definition) is 3. The Balaban J connectivity index is 3.03. The molecule has 0 bridgehead atoms. The van der Waals surface area contributed by atoms with Gasteiger partial charge in [-0.15, -0.1) is 0 Å². The van der Waals surface area contributed by atoms with Crippen LogP contribution in [0.2, 0.25) is 5.15 Å². The van der Waals surface area contributed by atoms with Crippen molar-refractivity contribution in [3.8, 4) is 0 Å². The first-order valence-corrected chi connectivity index (χ1v) is 5.16. The summed E-state index contributed by atoms with van der Waals surface area (Å²) in [6, 6.07) is 1.11. The molecule has 1 aromatic heterocycles. The number of hydrogen-bond donors (Lipinski definition) is 2. The van der Waals surface area contributed by atoms with Crippen LogP contribution in [0.15, 0.2) is 12.3 Å². The molecule has 1 rings (SSSR count). The highest BCUT2D eigenvalue weighted by Crippen LogP contribution is 2.19. The van der Waals surface area contributed by atoms with Crippen LogP contribution in [-0.4, -0.2) is 30.7 Å². The van der Waals surface area contributed by atoms with Crippen molar-refractivity contribution in [3.05, 3.63) is 23.0 Å². The highest BCUT2D eigenvalue weighted by molar-refractivity contribution is 6.29. The van der Waals surface area contributed by atoms with Crippen molar-refractivity contribution in [3.63, 3.8) is 0 Å². The van der Waals surface area contributed by atoms with Gasteiger partial charge in [-0.2, -0.15) is 0 Å². The Kier molecular flexibility index (Phi) is 4.49. The lowest BCUT2D eigenvalue weighted by atomic mass is 10.2. The lowest BCUT2D eigenvalue weighted by Crippen LogP contribution is -2.23. The maximum Gasteiger partial charge on any atom is 0.254 e. The summed E-state index contributed by atoms with van der Waals surface area (Å²) in [5.74, 6) is -0.294. The Bertz CT molecular complexity index is 386. The summed E-state index contributed by atoms with van der Waals surface area (Å²) in [6.45, 7) is 1.13. The molecule has 0 saturated heterocycles. The van der Waals surface area contributed by atoms with Crippen LogP contribution >= 0.6 is 11.6 Å². The van der Waals surface area contributed by atoms with Gasteiger partial charge < -0.3 is 10.6 Å². The van der Waals surface area contributed by atoms with Crippen molar-refractivity contribution in [2.45, 2.75) is 13.0 Å². The summed E-state index contributed by atoms with van der Waals surface area (Å²) in [5.41, 5.74) is 0.816. The molecule has 0 saturated carbocycles. The first kappa shape index (κ1) is 12.7. The number of anilines is 1. The molecule has 16 heavy (non-hydrogen) atoms. The van der Waals surface area contributed by atoms with Gasteiger partial charge >= 0.3 is 0 Å². The van der Waals surface area contributed by atoms with E-state index in [1.165, 1.54) is 19.3 Å². The summed E-state index contributed by atoms with van der Waals surface area (Å²) < 4.78 is 12.4. The van der Waals surface area contributed by atoms with Crippen LogP contribution in [0, 0.1) is 0 Å². The smallest absolute Gasteiger partial charge is 0.254 e. The normalized spacial score (nSPS) is 12.0. The number of nitrogens with one attached hydrogen (secondary N) is 2.